The lowest BCUT2D eigenvalue weighted by molar-refractivity contribution is -0.143. The largest absolute Gasteiger partial charge is 0.508 e. The summed E-state index contributed by atoms with van der Waals surface area (Å²) in [5, 5.41) is 28.5. The van der Waals surface area contributed by atoms with Gasteiger partial charge in [0, 0.05) is 29.9 Å². The van der Waals surface area contributed by atoms with Crippen molar-refractivity contribution in [2.75, 3.05) is 0 Å². The number of aromatic nitrogens is 1. The molecule has 3 amide bonds. The second-order valence-electron chi connectivity index (χ2n) is 11.6. The van der Waals surface area contributed by atoms with Crippen molar-refractivity contribution >= 4 is 34.6 Å². The van der Waals surface area contributed by atoms with Crippen LogP contribution in [0.15, 0.2) is 85.1 Å². The molecule has 0 fully saturated rings. The van der Waals surface area contributed by atoms with Crippen molar-refractivity contribution in [3.05, 3.63) is 102 Å². The van der Waals surface area contributed by atoms with Crippen LogP contribution in [-0.4, -0.2) is 63.1 Å². The minimum Gasteiger partial charge on any atom is -0.508 e. The zero-order chi connectivity index (χ0) is 33.2. The molecule has 0 saturated carbocycles. The van der Waals surface area contributed by atoms with E-state index in [1.807, 2.05) is 61.5 Å². The maximum atomic E-state index is 14.0. The summed E-state index contributed by atoms with van der Waals surface area (Å²) in [5.41, 5.74) is 9.38. The van der Waals surface area contributed by atoms with Crippen LogP contribution in [0.3, 0.4) is 0 Å². The van der Waals surface area contributed by atoms with Gasteiger partial charge in [0.2, 0.25) is 17.7 Å². The average Bonchev–Trinajstić information content (AvgIpc) is 3.46. The minimum atomic E-state index is -1.19. The molecule has 5 unspecified atom stereocenters. The zero-order valence-corrected chi connectivity index (χ0v) is 25.9. The number of para-hydroxylation sites is 1. The second-order valence-corrected chi connectivity index (χ2v) is 11.6. The van der Waals surface area contributed by atoms with E-state index in [4.69, 9.17) is 5.73 Å². The lowest BCUT2D eigenvalue weighted by Gasteiger charge is -2.27. The quantitative estimate of drug-likeness (QED) is 0.106. The van der Waals surface area contributed by atoms with Gasteiger partial charge in [-0.3, -0.25) is 14.4 Å². The normalized spacial score (nSPS) is 14.4. The number of benzene rings is 3. The number of phenols is 1. The number of H-pyrrole nitrogens is 1. The van der Waals surface area contributed by atoms with Crippen LogP contribution in [0.5, 0.6) is 5.75 Å². The van der Waals surface area contributed by atoms with Crippen molar-refractivity contribution in [2.45, 2.75) is 63.7 Å². The number of carbonyl (C=O) groups is 4. The summed E-state index contributed by atoms with van der Waals surface area (Å²) in [6.45, 7) is 3.54. The van der Waals surface area contributed by atoms with Crippen LogP contribution in [-0.2, 0) is 38.4 Å². The van der Waals surface area contributed by atoms with Crippen molar-refractivity contribution in [1.29, 1.82) is 0 Å². The van der Waals surface area contributed by atoms with E-state index in [0.717, 1.165) is 22.0 Å². The van der Waals surface area contributed by atoms with Gasteiger partial charge in [-0.15, -0.1) is 0 Å². The van der Waals surface area contributed by atoms with Crippen molar-refractivity contribution < 1.29 is 29.4 Å². The van der Waals surface area contributed by atoms with Crippen LogP contribution < -0.4 is 21.7 Å². The van der Waals surface area contributed by atoms with Crippen LogP contribution >= 0.6 is 0 Å². The number of phenolic OH excluding ortho intramolecular Hbond substituents is 1. The van der Waals surface area contributed by atoms with Crippen molar-refractivity contribution in [2.24, 2.45) is 11.7 Å². The molecule has 3 aromatic carbocycles. The van der Waals surface area contributed by atoms with Gasteiger partial charge in [-0.05, 0) is 47.2 Å². The number of carboxylic acids is 1. The van der Waals surface area contributed by atoms with Gasteiger partial charge in [-0.25, -0.2) is 4.79 Å². The van der Waals surface area contributed by atoms with Crippen LogP contribution in [0.25, 0.3) is 10.9 Å². The van der Waals surface area contributed by atoms with E-state index < -0.39 is 47.9 Å². The standard InChI is InChI=1S/C35H41N5O6/c1-3-21(2)31(35(45)46)40-34(44)29(18-23-13-15-25(41)16-14-23)39-33(43)30(19-24-20-37-28-12-8-7-11-26(24)28)38-32(42)27(36)17-22-9-5-4-6-10-22/h4-16,20-21,27,29-31,37,41H,3,17-19,36H2,1-2H3,(H,38,42)(H,39,43)(H,40,44)(H,45,46). The fraction of sp³-hybridized carbons (Fsp3) is 0.314. The molecule has 242 valence electrons. The Morgan fingerprint density at radius 1 is 0.761 bits per heavy atom. The van der Waals surface area contributed by atoms with Gasteiger partial charge in [-0.1, -0.05) is 80.9 Å². The molecule has 11 nitrogen and oxygen atoms in total. The molecule has 0 radical (unpaired) electrons. The van der Waals surface area contributed by atoms with E-state index in [-0.39, 0.29) is 30.9 Å². The van der Waals surface area contributed by atoms with Crippen molar-refractivity contribution in [3.8, 4) is 5.75 Å². The highest BCUT2D eigenvalue weighted by Crippen LogP contribution is 2.20. The number of nitrogens with two attached hydrogens (primary N) is 1. The van der Waals surface area contributed by atoms with E-state index >= 15 is 0 Å². The molecule has 5 atom stereocenters. The summed E-state index contributed by atoms with van der Waals surface area (Å²) in [5.74, 6) is -3.39. The lowest BCUT2D eigenvalue weighted by Crippen LogP contribution is -2.58. The van der Waals surface area contributed by atoms with Gasteiger partial charge in [0.25, 0.3) is 0 Å². The van der Waals surface area contributed by atoms with Gasteiger partial charge in [0.05, 0.1) is 6.04 Å². The first kappa shape index (κ1) is 33.7. The zero-order valence-electron chi connectivity index (χ0n) is 25.9. The molecule has 46 heavy (non-hydrogen) atoms. The Labute approximate surface area is 267 Å². The first-order valence-corrected chi connectivity index (χ1v) is 15.3. The molecule has 0 spiro atoms. The number of aromatic amines is 1. The molecule has 0 saturated heterocycles. The number of aromatic hydroxyl groups is 1. The highest BCUT2D eigenvalue weighted by Gasteiger charge is 2.32. The Kier molecular flexibility index (Phi) is 11.5. The summed E-state index contributed by atoms with van der Waals surface area (Å²) >= 11 is 0. The summed E-state index contributed by atoms with van der Waals surface area (Å²) < 4.78 is 0. The molecule has 4 rings (SSSR count). The molecule has 1 aromatic heterocycles. The number of nitrogens with one attached hydrogen (secondary N) is 4. The summed E-state index contributed by atoms with van der Waals surface area (Å²) in [7, 11) is 0. The molecule has 0 aliphatic rings. The van der Waals surface area contributed by atoms with E-state index in [1.54, 1.807) is 25.3 Å². The number of amides is 3. The average molecular weight is 628 g/mol. The van der Waals surface area contributed by atoms with E-state index in [1.165, 1.54) is 12.1 Å². The molecule has 11 heteroatoms. The number of hydrogen-bond donors (Lipinski definition) is 7. The van der Waals surface area contributed by atoms with Gasteiger partial charge in [0.1, 0.15) is 23.9 Å². The van der Waals surface area contributed by atoms with Crippen molar-refractivity contribution in [3.63, 3.8) is 0 Å². The number of rotatable bonds is 15. The topological polar surface area (TPSA) is 187 Å². The highest BCUT2D eigenvalue weighted by molar-refractivity contribution is 5.95. The monoisotopic (exact) mass is 627 g/mol. The van der Waals surface area contributed by atoms with E-state index in [2.05, 4.69) is 20.9 Å². The van der Waals surface area contributed by atoms with Crippen molar-refractivity contribution in [1.82, 2.24) is 20.9 Å². The van der Waals surface area contributed by atoms with E-state index in [9.17, 15) is 29.4 Å². The Morgan fingerprint density at radius 2 is 1.35 bits per heavy atom. The van der Waals surface area contributed by atoms with Crippen LogP contribution in [0.4, 0.5) is 0 Å². The fourth-order valence-electron chi connectivity index (χ4n) is 5.26. The molecule has 0 aliphatic heterocycles. The number of hydrogen-bond acceptors (Lipinski definition) is 6. The summed E-state index contributed by atoms with van der Waals surface area (Å²) in [4.78, 5) is 56.1. The van der Waals surface area contributed by atoms with Gasteiger partial charge in [0.15, 0.2) is 0 Å². The predicted molar refractivity (Wildman–Crippen MR) is 175 cm³/mol. The number of aliphatic carboxylic acids is 1. The Hall–Kier alpha value is -5.16. The lowest BCUT2D eigenvalue weighted by atomic mass is 9.97. The smallest absolute Gasteiger partial charge is 0.326 e. The van der Waals surface area contributed by atoms with Crippen LogP contribution in [0.2, 0.25) is 0 Å². The molecular weight excluding hydrogens is 586 g/mol. The highest BCUT2D eigenvalue weighted by atomic mass is 16.4. The first-order chi connectivity index (χ1) is 22.0. The van der Waals surface area contributed by atoms with Gasteiger partial charge in [-0.2, -0.15) is 0 Å². The number of carboxylic acid groups (broad SMARTS) is 1. The fourth-order valence-corrected chi connectivity index (χ4v) is 5.26. The third-order valence-corrected chi connectivity index (χ3v) is 8.15. The first-order valence-electron chi connectivity index (χ1n) is 15.3. The Bertz CT molecular complexity index is 1640. The van der Waals surface area contributed by atoms with Gasteiger partial charge < -0.3 is 36.9 Å². The molecular formula is C35H41N5O6. The second kappa shape index (κ2) is 15.7. The summed E-state index contributed by atoms with van der Waals surface area (Å²) in [6.07, 6.45) is 2.63. The van der Waals surface area contributed by atoms with Crippen LogP contribution in [0.1, 0.15) is 37.0 Å². The predicted octanol–water partition coefficient (Wildman–Crippen LogP) is 2.81. The Morgan fingerprint density at radius 3 is 2.02 bits per heavy atom. The molecule has 8 N–H and O–H groups in total. The maximum Gasteiger partial charge on any atom is 0.326 e. The SMILES string of the molecule is CCC(C)C(NC(=O)C(Cc1ccc(O)cc1)NC(=O)C(Cc1c[nH]c2ccccc12)NC(=O)C(N)Cc1ccccc1)C(=O)O. The third kappa shape index (κ3) is 8.95. The third-order valence-electron chi connectivity index (χ3n) is 8.15. The van der Waals surface area contributed by atoms with E-state index in [0.29, 0.717) is 12.0 Å². The maximum absolute atomic E-state index is 14.0. The molecule has 0 aliphatic carbocycles. The van der Waals surface area contributed by atoms with Crippen LogP contribution in [0, 0.1) is 5.92 Å². The molecule has 0 bridgehead atoms. The van der Waals surface area contributed by atoms with Gasteiger partial charge >= 0.3 is 5.97 Å². The Balaban J connectivity index is 1.61. The number of fused-ring (bicyclic) bond motifs is 1. The summed E-state index contributed by atoms with van der Waals surface area (Å²) in [6, 6.07) is 18.6. The molecule has 1 heterocycles. The minimum absolute atomic E-state index is 0.00592. The number of carbonyl (C=O) groups excluding carboxylic acids is 3. The molecule has 4 aromatic rings.